The van der Waals surface area contributed by atoms with Crippen molar-refractivity contribution in [1.29, 1.82) is 0 Å². The summed E-state index contributed by atoms with van der Waals surface area (Å²) in [5, 5.41) is 9.14. The van der Waals surface area contributed by atoms with Crippen LogP contribution in [0.15, 0.2) is 121 Å². The fourth-order valence-electron chi connectivity index (χ4n) is 6.48. The Hall–Kier alpha value is -5.92. The minimum atomic E-state index is 0.621. The molecule has 4 heteroatoms. The summed E-state index contributed by atoms with van der Waals surface area (Å²) in [7, 11) is 0. The van der Waals surface area contributed by atoms with Gasteiger partial charge in [-0.05, 0) is 103 Å². The van der Waals surface area contributed by atoms with E-state index in [4.69, 9.17) is 16.5 Å². The molecule has 7 aromatic carbocycles. The number of aryl methyl sites for hydroxylation is 2. The third-order valence-corrected chi connectivity index (χ3v) is 8.42. The van der Waals surface area contributed by atoms with Crippen molar-refractivity contribution in [3.63, 3.8) is 0 Å². The van der Waals surface area contributed by atoms with Gasteiger partial charge in [0.2, 0.25) is 0 Å². The maximum atomic E-state index is 7.84. The number of aromatic nitrogens is 3. The number of nitrogens with zero attached hydrogens (tertiary/aromatic N) is 4. The minimum Gasteiger partial charge on any atom is -0.238 e. The quantitative estimate of drug-likeness (QED) is 0.159. The van der Waals surface area contributed by atoms with E-state index >= 15 is 0 Å². The van der Waals surface area contributed by atoms with Gasteiger partial charge in [-0.2, -0.15) is 0 Å². The average Bonchev–Trinajstić information content (AvgIpc) is 3.05. The van der Waals surface area contributed by atoms with Crippen molar-refractivity contribution < 1.29 is 0 Å². The van der Waals surface area contributed by atoms with Crippen LogP contribution < -0.4 is 0 Å². The molecule has 0 aliphatic heterocycles. The molecule has 1 aromatic heterocycles. The highest BCUT2D eigenvalue weighted by atomic mass is 15.0. The zero-order valence-electron chi connectivity index (χ0n) is 24.3. The van der Waals surface area contributed by atoms with Gasteiger partial charge in [-0.3, -0.25) is 0 Å². The highest BCUT2D eigenvalue weighted by molar-refractivity contribution is 6.23. The van der Waals surface area contributed by atoms with Crippen molar-refractivity contribution in [2.45, 2.75) is 13.8 Å². The summed E-state index contributed by atoms with van der Waals surface area (Å²) in [5.74, 6) is 2.06. The molecule has 0 amide bonds. The van der Waals surface area contributed by atoms with E-state index in [1.165, 1.54) is 21.5 Å². The monoisotopic (exact) mass is 562 g/mol. The molecular weight excluding hydrogens is 536 g/mol. The van der Waals surface area contributed by atoms with E-state index in [0.717, 1.165) is 49.4 Å². The molecule has 0 radical (unpaired) electrons. The molecule has 0 saturated carbocycles. The molecule has 8 rings (SSSR count). The topological polar surface area (TPSA) is 43.0 Å². The summed E-state index contributed by atoms with van der Waals surface area (Å²) in [4.78, 5) is 17.6. The van der Waals surface area contributed by atoms with E-state index in [0.29, 0.717) is 23.2 Å². The first kappa shape index (κ1) is 25.8. The Morgan fingerprint density at radius 2 is 0.955 bits per heavy atom. The molecule has 44 heavy (non-hydrogen) atoms. The molecule has 1 heterocycles. The molecular formula is C40H26N4. The Kier molecular flexibility index (Phi) is 5.92. The first-order valence-corrected chi connectivity index (χ1v) is 14.6. The third-order valence-electron chi connectivity index (χ3n) is 8.42. The number of benzene rings is 7. The third kappa shape index (κ3) is 4.26. The zero-order chi connectivity index (χ0) is 29.8. The van der Waals surface area contributed by atoms with Gasteiger partial charge in [0.1, 0.15) is 11.6 Å². The Morgan fingerprint density at radius 1 is 0.455 bits per heavy atom. The molecule has 0 saturated heterocycles. The standard InChI is InChI=1S/C40H26N4/c1-24-42-25(2)44-40(43-24)32-16-18-34-36(22-32)38(30-14-12-26-8-4-6-10-28(26)20-30)35-19-17-33(41-3)23-37(35)39(34)31-15-13-27-9-5-7-11-29(27)21-31/h4-23H,1-2H3. The van der Waals surface area contributed by atoms with Gasteiger partial charge in [-0.15, -0.1) is 0 Å². The number of rotatable bonds is 3. The minimum absolute atomic E-state index is 0.621. The largest absolute Gasteiger partial charge is 0.238 e. The second kappa shape index (κ2) is 10.1. The molecule has 4 nitrogen and oxygen atoms in total. The maximum Gasteiger partial charge on any atom is 0.187 e. The number of hydrogen-bond acceptors (Lipinski definition) is 3. The van der Waals surface area contributed by atoms with E-state index in [1.54, 1.807) is 0 Å². The predicted octanol–water partition coefficient (Wildman–Crippen LogP) is 10.7. The van der Waals surface area contributed by atoms with Crippen LogP contribution in [0.5, 0.6) is 0 Å². The van der Waals surface area contributed by atoms with Gasteiger partial charge < -0.3 is 0 Å². The number of fused-ring (bicyclic) bond motifs is 4. The van der Waals surface area contributed by atoms with Crippen LogP contribution in [0.4, 0.5) is 5.69 Å². The molecule has 8 aromatic rings. The Balaban J connectivity index is 1.53. The lowest BCUT2D eigenvalue weighted by molar-refractivity contribution is 0.929. The summed E-state index contributed by atoms with van der Waals surface area (Å²) in [6, 6.07) is 42.8. The fraction of sp³-hybridized carbons (Fsp3) is 0.0500. The van der Waals surface area contributed by atoms with Crippen molar-refractivity contribution in [3.8, 4) is 33.6 Å². The van der Waals surface area contributed by atoms with Gasteiger partial charge >= 0.3 is 0 Å². The van der Waals surface area contributed by atoms with Gasteiger partial charge in [0.05, 0.1) is 6.57 Å². The average molecular weight is 563 g/mol. The van der Waals surface area contributed by atoms with Crippen LogP contribution in [0.2, 0.25) is 0 Å². The predicted molar refractivity (Wildman–Crippen MR) is 182 cm³/mol. The van der Waals surface area contributed by atoms with Crippen LogP contribution >= 0.6 is 0 Å². The SMILES string of the molecule is [C-]#[N+]c1ccc2c(-c3ccc4ccccc4c3)c3cc(-c4nc(C)nc(C)n4)ccc3c(-c3ccc4ccccc4c3)c2c1. The van der Waals surface area contributed by atoms with Crippen LogP contribution in [0.1, 0.15) is 11.6 Å². The lowest BCUT2D eigenvalue weighted by Gasteiger charge is -2.19. The molecule has 0 unspecified atom stereocenters. The molecule has 0 aliphatic rings. The Bertz CT molecular complexity index is 2470. The second-order valence-electron chi connectivity index (χ2n) is 11.2. The van der Waals surface area contributed by atoms with E-state index in [-0.39, 0.29) is 0 Å². The van der Waals surface area contributed by atoms with Crippen LogP contribution in [0.3, 0.4) is 0 Å². The van der Waals surface area contributed by atoms with Gasteiger partial charge in [0, 0.05) is 5.56 Å². The molecule has 206 valence electrons. The van der Waals surface area contributed by atoms with E-state index in [2.05, 4.69) is 119 Å². The maximum absolute atomic E-state index is 7.84. The first-order valence-electron chi connectivity index (χ1n) is 14.6. The molecule has 0 spiro atoms. The lowest BCUT2D eigenvalue weighted by atomic mass is 9.84. The highest BCUT2D eigenvalue weighted by Crippen LogP contribution is 2.46. The van der Waals surface area contributed by atoms with Crippen LogP contribution in [-0.4, -0.2) is 15.0 Å². The summed E-state index contributed by atoms with van der Waals surface area (Å²) in [6.07, 6.45) is 0. The fourth-order valence-corrected chi connectivity index (χ4v) is 6.48. The second-order valence-corrected chi connectivity index (χ2v) is 11.2. The highest BCUT2D eigenvalue weighted by Gasteiger charge is 2.19. The van der Waals surface area contributed by atoms with Crippen LogP contribution in [0.25, 0.3) is 81.6 Å². The number of hydrogen-bond donors (Lipinski definition) is 0. The van der Waals surface area contributed by atoms with Gasteiger partial charge in [-0.25, -0.2) is 19.8 Å². The zero-order valence-corrected chi connectivity index (χ0v) is 24.3. The van der Waals surface area contributed by atoms with Gasteiger partial charge in [0.25, 0.3) is 0 Å². The lowest BCUT2D eigenvalue weighted by Crippen LogP contribution is -1.99. The van der Waals surface area contributed by atoms with Crippen molar-refractivity contribution >= 4 is 48.8 Å². The van der Waals surface area contributed by atoms with Crippen LogP contribution in [-0.2, 0) is 0 Å². The molecule has 0 bridgehead atoms. The van der Waals surface area contributed by atoms with Crippen molar-refractivity contribution in [1.82, 2.24) is 15.0 Å². The summed E-state index contributed by atoms with van der Waals surface area (Å²) < 4.78 is 0. The van der Waals surface area contributed by atoms with E-state index < -0.39 is 0 Å². The molecule has 0 aliphatic carbocycles. The van der Waals surface area contributed by atoms with Crippen molar-refractivity contribution in [2.24, 2.45) is 0 Å². The molecule has 0 N–H and O–H groups in total. The summed E-state index contributed by atoms with van der Waals surface area (Å²) >= 11 is 0. The summed E-state index contributed by atoms with van der Waals surface area (Å²) in [6.45, 7) is 11.6. The van der Waals surface area contributed by atoms with E-state index in [1.807, 2.05) is 26.0 Å². The smallest absolute Gasteiger partial charge is 0.187 e. The molecule has 0 fully saturated rings. The van der Waals surface area contributed by atoms with Crippen molar-refractivity contribution in [2.75, 3.05) is 0 Å². The normalized spacial score (nSPS) is 11.4. The van der Waals surface area contributed by atoms with Crippen molar-refractivity contribution in [3.05, 3.63) is 144 Å². The first-order chi connectivity index (χ1) is 21.6. The van der Waals surface area contributed by atoms with Gasteiger partial charge in [-0.1, -0.05) is 97.1 Å². The van der Waals surface area contributed by atoms with E-state index in [9.17, 15) is 0 Å². The summed E-state index contributed by atoms with van der Waals surface area (Å²) in [5.41, 5.74) is 6.05. The Morgan fingerprint density at radius 3 is 1.52 bits per heavy atom. The molecule has 0 atom stereocenters. The van der Waals surface area contributed by atoms with Gasteiger partial charge in [0.15, 0.2) is 11.5 Å². The Labute approximate surface area is 255 Å². The van der Waals surface area contributed by atoms with Crippen LogP contribution in [0, 0.1) is 20.4 Å².